The topological polar surface area (TPSA) is 8.17 Å². The molecule has 0 amide bonds. The smallest absolute Gasteiger partial charge is 0.0541 e. The summed E-state index contributed by atoms with van der Waals surface area (Å²) in [4.78, 5) is 2.41. The third-order valence-electron chi connectivity index (χ3n) is 17.7. The van der Waals surface area contributed by atoms with Crippen LogP contribution in [0.1, 0.15) is 126 Å². The van der Waals surface area contributed by atoms with E-state index in [9.17, 15) is 0 Å². The zero-order valence-corrected chi connectivity index (χ0v) is 48.2. The summed E-state index contributed by atoms with van der Waals surface area (Å²) in [6, 6.07) is 86.7. The molecule has 0 saturated heterocycles. The van der Waals surface area contributed by atoms with Crippen LogP contribution in [0, 0.1) is 13.8 Å². The first-order chi connectivity index (χ1) is 39.9. The maximum absolute atomic E-state index is 2.60. The number of aryl methyl sites for hydroxylation is 2. The van der Waals surface area contributed by atoms with Crippen molar-refractivity contribution in [1.29, 1.82) is 0 Å². The molecule has 1 heterocycles. The minimum Gasteiger partial charge on any atom is -0.311 e. The van der Waals surface area contributed by atoms with Crippen LogP contribution < -0.4 is 4.90 Å². The summed E-state index contributed by atoms with van der Waals surface area (Å²) in [7, 11) is 0. The van der Waals surface area contributed by atoms with Crippen molar-refractivity contribution in [2.45, 2.75) is 123 Å². The van der Waals surface area contributed by atoms with E-state index < -0.39 is 0 Å². The van der Waals surface area contributed by atoms with Crippen molar-refractivity contribution >= 4 is 38.9 Å². The Kier molecular flexibility index (Phi) is 16.0. The number of hydrogen-bond acceptors (Lipinski definition) is 1. The summed E-state index contributed by atoms with van der Waals surface area (Å²) in [5.74, 6) is 0. The standard InChI is InChI=1S/C79H78N2/c1-5-7-9-11-13-23-49-79(50-24-14-12-10-8-6-2)75-51-58(4)33-46-71(75)72-47-38-64(56-76(72)79)62-36-44-69(45-37-62)80(67-40-31-57(3)32-41-67)68-42-34-61(35-43-68)63-39-48-78-74(55-63)73-29-21-22-30-77(73)81(78)70-53-65(59-25-17-15-18-26-59)52-66(54-70)60-27-19-16-20-28-60/h15-22,25-48,51-56H,5-14,23-24,49-50H2,1-4H3. The second kappa shape index (κ2) is 24.3. The lowest BCUT2D eigenvalue weighted by Gasteiger charge is -2.33. The first kappa shape index (κ1) is 53.4. The Balaban J connectivity index is 0.866. The van der Waals surface area contributed by atoms with E-state index in [0.717, 1.165) is 22.7 Å². The average Bonchev–Trinajstić information content (AvgIpc) is 3.74. The molecule has 2 nitrogen and oxygen atoms in total. The molecule has 12 rings (SSSR count). The fourth-order valence-corrected chi connectivity index (χ4v) is 13.4. The van der Waals surface area contributed by atoms with Gasteiger partial charge in [0.15, 0.2) is 0 Å². The Morgan fingerprint density at radius 2 is 0.753 bits per heavy atom. The Labute approximate surface area is 482 Å². The van der Waals surface area contributed by atoms with E-state index in [1.807, 2.05) is 0 Å². The van der Waals surface area contributed by atoms with Crippen LogP contribution in [0.15, 0.2) is 231 Å². The maximum Gasteiger partial charge on any atom is 0.0541 e. The van der Waals surface area contributed by atoms with Gasteiger partial charge in [-0.1, -0.05) is 254 Å². The number of nitrogens with zero attached hydrogens (tertiary/aromatic N) is 2. The molecule has 10 aromatic carbocycles. The van der Waals surface area contributed by atoms with Crippen molar-refractivity contribution in [2.75, 3.05) is 4.90 Å². The molecule has 0 fully saturated rings. The van der Waals surface area contributed by atoms with Gasteiger partial charge in [0.1, 0.15) is 0 Å². The van der Waals surface area contributed by atoms with Gasteiger partial charge >= 0.3 is 0 Å². The Morgan fingerprint density at radius 1 is 0.321 bits per heavy atom. The normalized spacial score (nSPS) is 12.5. The number of hydrogen-bond donors (Lipinski definition) is 0. The molecule has 11 aromatic rings. The molecule has 2 heteroatoms. The van der Waals surface area contributed by atoms with Crippen molar-refractivity contribution in [2.24, 2.45) is 0 Å². The molecule has 0 aliphatic heterocycles. The summed E-state index contributed by atoms with van der Waals surface area (Å²) in [6.45, 7) is 9.11. The largest absolute Gasteiger partial charge is 0.311 e. The zero-order chi connectivity index (χ0) is 55.1. The van der Waals surface area contributed by atoms with Crippen LogP contribution >= 0.6 is 0 Å². The van der Waals surface area contributed by atoms with E-state index >= 15 is 0 Å². The molecule has 0 N–H and O–H groups in total. The second-order valence-electron chi connectivity index (χ2n) is 23.3. The molecule has 1 aromatic heterocycles. The Hall–Kier alpha value is -8.20. The number of fused-ring (bicyclic) bond motifs is 6. The van der Waals surface area contributed by atoms with Gasteiger partial charge in [0.25, 0.3) is 0 Å². The predicted molar refractivity (Wildman–Crippen MR) is 349 cm³/mol. The van der Waals surface area contributed by atoms with Gasteiger partial charge in [0, 0.05) is 38.9 Å². The van der Waals surface area contributed by atoms with Crippen LogP contribution in [0.25, 0.3) is 83.1 Å². The highest BCUT2D eigenvalue weighted by atomic mass is 15.1. The Bertz CT molecular complexity index is 3830. The summed E-state index contributed by atoms with van der Waals surface area (Å²) >= 11 is 0. The van der Waals surface area contributed by atoms with Gasteiger partial charge in [-0.3, -0.25) is 0 Å². The molecule has 1 aliphatic rings. The van der Waals surface area contributed by atoms with Gasteiger partial charge in [0.05, 0.1) is 11.0 Å². The lowest BCUT2D eigenvalue weighted by molar-refractivity contribution is 0.398. The molecular formula is C79H78N2. The van der Waals surface area contributed by atoms with Gasteiger partial charge in [-0.05, 0) is 172 Å². The number of benzene rings is 10. The van der Waals surface area contributed by atoms with Crippen LogP contribution in [0.5, 0.6) is 0 Å². The van der Waals surface area contributed by atoms with E-state index in [1.165, 1.54) is 178 Å². The lowest BCUT2D eigenvalue weighted by Crippen LogP contribution is -2.25. The van der Waals surface area contributed by atoms with E-state index in [0.29, 0.717) is 0 Å². The van der Waals surface area contributed by atoms with Crippen LogP contribution in [-0.2, 0) is 5.41 Å². The van der Waals surface area contributed by atoms with Crippen LogP contribution in [0.4, 0.5) is 17.1 Å². The SMILES string of the molecule is CCCCCCCCC1(CCCCCCCC)c2cc(C)ccc2-c2ccc(-c3ccc(N(c4ccc(C)cc4)c4ccc(-c5ccc6c(c5)c5ccccc5n6-c5cc(-c6ccccc6)cc(-c6ccccc6)c5)cc4)cc3)cc21. The molecule has 1 aliphatic carbocycles. The zero-order valence-electron chi connectivity index (χ0n) is 48.2. The highest BCUT2D eigenvalue weighted by Gasteiger charge is 2.42. The number of anilines is 3. The van der Waals surface area contributed by atoms with Gasteiger partial charge in [0.2, 0.25) is 0 Å². The molecule has 0 atom stereocenters. The fourth-order valence-electron chi connectivity index (χ4n) is 13.4. The number of unbranched alkanes of at least 4 members (excludes halogenated alkanes) is 10. The van der Waals surface area contributed by atoms with Gasteiger partial charge in [-0.25, -0.2) is 0 Å². The predicted octanol–water partition coefficient (Wildman–Crippen LogP) is 23.3. The number of rotatable bonds is 22. The highest BCUT2D eigenvalue weighted by molar-refractivity contribution is 6.10. The number of para-hydroxylation sites is 1. The Morgan fingerprint density at radius 3 is 1.33 bits per heavy atom. The highest BCUT2D eigenvalue weighted by Crippen LogP contribution is 2.55. The molecule has 0 radical (unpaired) electrons. The van der Waals surface area contributed by atoms with E-state index in [2.05, 4.69) is 268 Å². The molecule has 0 spiro atoms. The minimum absolute atomic E-state index is 0.0454. The van der Waals surface area contributed by atoms with Crippen molar-refractivity contribution in [1.82, 2.24) is 4.57 Å². The minimum atomic E-state index is 0.0454. The average molecular weight is 1060 g/mol. The van der Waals surface area contributed by atoms with Gasteiger partial charge < -0.3 is 9.47 Å². The molecular weight excluding hydrogens is 977 g/mol. The van der Waals surface area contributed by atoms with Gasteiger partial charge in [-0.15, -0.1) is 0 Å². The van der Waals surface area contributed by atoms with E-state index in [1.54, 1.807) is 11.1 Å². The first-order valence-corrected chi connectivity index (χ1v) is 30.5. The third-order valence-corrected chi connectivity index (χ3v) is 17.7. The summed E-state index contributed by atoms with van der Waals surface area (Å²) in [6.07, 6.45) is 18.3. The summed E-state index contributed by atoms with van der Waals surface area (Å²) in [5, 5.41) is 2.48. The fraction of sp³-hybridized carbons (Fsp3) is 0.241. The van der Waals surface area contributed by atoms with Crippen LogP contribution in [-0.4, -0.2) is 4.57 Å². The summed E-state index contributed by atoms with van der Waals surface area (Å²) < 4.78 is 2.45. The molecule has 0 saturated carbocycles. The van der Waals surface area contributed by atoms with Crippen molar-refractivity contribution in [3.05, 3.63) is 253 Å². The quantitative estimate of drug-likeness (QED) is 0.0614. The molecule has 0 bridgehead atoms. The van der Waals surface area contributed by atoms with E-state index in [-0.39, 0.29) is 5.41 Å². The number of aromatic nitrogens is 1. The van der Waals surface area contributed by atoms with Crippen molar-refractivity contribution in [3.63, 3.8) is 0 Å². The monoisotopic (exact) mass is 1050 g/mol. The van der Waals surface area contributed by atoms with Crippen LogP contribution in [0.3, 0.4) is 0 Å². The molecule has 0 unspecified atom stereocenters. The molecule has 404 valence electrons. The first-order valence-electron chi connectivity index (χ1n) is 30.5. The second-order valence-corrected chi connectivity index (χ2v) is 23.3. The van der Waals surface area contributed by atoms with E-state index in [4.69, 9.17) is 0 Å². The lowest BCUT2D eigenvalue weighted by atomic mass is 9.70. The van der Waals surface area contributed by atoms with Crippen molar-refractivity contribution in [3.8, 4) is 61.3 Å². The van der Waals surface area contributed by atoms with Crippen LogP contribution in [0.2, 0.25) is 0 Å². The van der Waals surface area contributed by atoms with Gasteiger partial charge in [-0.2, -0.15) is 0 Å². The maximum atomic E-state index is 2.60. The summed E-state index contributed by atoms with van der Waals surface area (Å²) in [5.41, 5.74) is 25.4. The van der Waals surface area contributed by atoms with Crippen molar-refractivity contribution < 1.29 is 0 Å². The molecule has 81 heavy (non-hydrogen) atoms. The third kappa shape index (κ3) is 11.1.